The van der Waals surface area contributed by atoms with Crippen LogP contribution in [0.5, 0.6) is 0 Å². The summed E-state index contributed by atoms with van der Waals surface area (Å²) in [6.45, 7) is 7.39. The van der Waals surface area contributed by atoms with E-state index in [2.05, 4.69) is 0 Å². The second-order valence-corrected chi connectivity index (χ2v) is 6.07. The zero-order valence-corrected chi connectivity index (χ0v) is 13.2. The van der Waals surface area contributed by atoms with Crippen molar-refractivity contribution in [3.63, 3.8) is 0 Å². The summed E-state index contributed by atoms with van der Waals surface area (Å²) in [5, 5.41) is 0.334. The number of allylic oxidation sites excluding steroid dienone is 2. The van der Waals surface area contributed by atoms with Crippen LogP contribution in [0.15, 0.2) is 11.1 Å². The summed E-state index contributed by atoms with van der Waals surface area (Å²) in [5.74, 6) is 0.217. The predicted molar refractivity (Wildman–Crippen MR) is 70.8 cm³/mol. The molecule has 0 bridgehead atoms. The first-order chi connectivity index (χ1) is 8.45. The highest BCUT2D eigenvalue weighted by Gasteiger charge is 2.32. The van der Waals surface area contributed by atoms with Gasteiger partial charge < -0.3 is 18.5 Å². The minimum absolute atomic E-state index is 0.217. The van der Waals surface area contributed by atoms with Gasteiger partial charge in [0.1, 0.15) is 5.76 Å². The maximum absolute atomic E-state index is 12.6. The lowest BCUT2D eigenvalue weighted by atomic mass is 10.3. The molecule has 8 heteroatoms. The van der Waals surface area contributed by atoms with Crippen LogP contribution in [-0.2, 0) is 22.7 Å². The van der Waals surface area contributed by atoms with Gasteiger partial charge in [-0.3, -0.25) is 4.57 Å². The molecule has 0 spiro atoms. The van der Waals surface area contributed by atoms with Crippen molar-refractivity contribution in [1.29, 1.82) is 0 Å². The molecule has 0 fully saturated rings. The molecule has 0 aromatic carbocycles. The maximum atomic E-state index is 12.6. The quantitative estimate of drug-likeness (QED) is 0.516. The lowest BCUT2D eigenvalue weighted by Gasteiger charge is -2.21. The lowest BCUT2D eigenvalue weighted by Crippen LogP contribution is -2.02. The van der Waals surface area contributed by atoms with Gasteiger partial charge in [0.15, 0.2) is 0 Å². The average molecular weight is 300 g/mol. The molecule has 1 N–H and O–H groups in total. The molecular weight excluding hydrogens is 278 g/mol. The van der Waals surface area contributed by atoms with Gasteiger partial charge in [-0.05, 0) is 20.3 Å². The Hall–Kier alpha value is -0.120. The van der Waals surface area contributed by atoms with Crippen molar-refractivity contribution in [2.45, 2.75) is 40.5 Å². The van der Waals surface area contributed by atoms with E-state index in [0.717, 1.165) is 0 Å². The fourth-order valence-corrected chi connectivity index (χ4v) is 4.04. The van der Waals surface area contributed by atoms with Crippen LogP contribution in [0.25, 0.3) is 0 Å². The Morgan fingerprint density at radius 2 is 1.61 bits per heavy atom. The summed E-state index contributed by atoms with van der Waals surface area (Å²) < 4.78 is 38.6. The van der Waals surface area contributed by atoms with Crippen molar-refractivity contribution in [2.75, 3.05) is 13.2 Å². The highest BCUT2D eigenvalue weighted by atomic mass is 31.2. The normalized spacial score (nSPS) is 15.2. The third-order valence-corrected chi connectivity index (χ3v) is 4.96. The van der Waals surface area contributed by atoms with Crippen LogP contribution in [0.4, 0.5) is 0 Å². The fraction of sp³-hybridized carbons (Fsp3) is 0.800. The Bertz CT molecular complexity index is 342. The standard InChI is InChI=1S/C10H22O6P2/c1-5-9(16-17(11)12)10(6-2)18(13,14-7-3)15-8-4/h17H,5-8H2,1-4H3,(H,11,12). The number of hydrogen-bond acceptors (Lipinski definition) is 5. The first-order valence-electron chi connectivity index (χ1n) is 5.97. The molecule has 0 aliphatic heterocycles. The molecule has 0 radical (unpaired) electrons. The van der Waals surface area contributed by atoms with Crippen LogP contribution in [-0.4, -0.2) is 18.1 Å². The summed E-state index contributed by atoms with van der Waals surface area (Å²) in [6.07, 6.45) is 0.722. The molecule has 0 amide bonds. The van der Waals surface area contributed by atoms with E-state index in [0.29, 0.717) is 18.2 Å². The van der Waals surface area contributed by atoms with Crippen molar-refractivity contribution in [1.82, 2.24) is 0 Å². The second kappa shape index (κ2) is 8.89. The molecule has 6 nitrogen and oxygen atoms in total. The van der Waals surface area contributed by atoms with Crippen LogP contribution < -0.4 is 0 Å². The van der Waals surface area contributed by atoms with E-state index in [9.17, 15) is 9.13 Å². The van der Waals surface area contributed by atoms with E-state index in [1.807, 2.05) is 0 Å². The van der Waals surface area contributed by atoms with Crippen LogP contribution in [0.1, 0.15) is 40.5 Å². The van der Waals surface area contributed by atoms with Gasteiger partial charge in [0.2, 0.25) is 0 Å². The Kier molecular flexibility index (Phi) is 8.83. The molecule has 108 valence electrons. The van der Waals surface area contributed by atoms with E-state index in [-0.39, 0.29) is 19.0 Å². The van der Waals surface area contributed by atoms with Gasteiger partial charge in [0.05, 0.1) is 18.5 Å². The first-order valence-corrected chi connectivity index (χ1v) is 8.78. The third-order valence-electron chi connectivity index (χ3n) is 2.12. The van der Waals surface area contributed by atoms with Crippen molar-refractivity contribution in [2.24, 2.45) is 0 Å². The first kappa shape index (κ1) is 17.9. The van der Waals surface area contributed by atoms with Crippen molar-refractivity contribution < 1.29 is 27.6 Å². The zero-order valence-electron chi connectivity index (χ0n) is 11.3. The minimum atomic E-state index is -3.44. The third kappa shape index (κ3) is 5.25. The highest BCUT2D eigenvalue weighted by molar-refractivity contribution is 7.58. The maximum Gasteiger partial charge on any atom is 0.364 e. The van der Waals surface area contributed by atoms with E-state index in [1.54, 1.807) is 27.7 Å². The molecule has 0 heterocycles. The molecule has 0 aliphatic carbocycles. The van der Waals surface area contributed by atoms with Crippen molar-refractivity contribution in [3.05, 3.63) is 11.1 Å². The zero-order chi connectivity index (χ0) is 14.2. The average Bonchev–Trinajstić information content (AvgIpc) is 2.28. The Morgan fingerprint density at radius 1 is 1.11 bits per heavy atom. The smallest absolute Gasteiger partial charge is 0.364 e. The van der Waals surface area contributed by atoms with E-state index in [4.69, 9.17) is 18.5 Å². The van der Waals surface area contributed by atoms with Crippen LogP contribution in [0.2, 0.25) is 0 Å². The molecule has 0 rings (SSSR count). The van der Waals surface area contributed by atoms with Gasteiger partial charge in [-0.1, -0.05) is 13.8 Å². The van der Waals surface area contributed by atoms with E-state index < -0.39 is 15.9 Å². The molecular formula is C10H22O6P2. The molecule has 0 saturated heterocycles. The van der Waals surface area contributed by atoms with Gasteiger partial charge in [-0.15, -0.1) is 0 Å². The topological polar surface area (TPSA) is 82.1 Å². The van der Waals surface area contributed by atoms with Gasteiger partial charge in [-0.25, -0.2) is 4.57 Å². The minimum Gasteiger partial charge on any atom is -0.430 e. The van der Waals surface area contributed by atoms with Gasteiger partial charge >= 0.3 is 15.9 Å². The monoisotopic (exact) mass is 300 g/mol. The largest absolute Gasteiger partial charge is 0.430 e. The Morgan fingerprint density at radius 3 is 1.89 bits per heavy atom. The second-order valence-electron chi connectivity index (χ2n) is 3.28. The van der Waals surface area contributed by atoms with Gasteiger partial charge in [0.25, 0.3) is 0 Å². The number of rotatable bonds is 9. The Balaban J connectivity index is 5.49. The van der Waals surface area contributed by atoms with Crippen LogP contribution in [0, 0.1) is 0 Å². The lowest BCUT2D eigenvalue weighted by molar-refractivity contribution is 0.223. The predicted octanol–water partition coefficient (Wildman–Crippen LogP) is 3.68. The molecule has 1 unspecified atom stereocenters. The summed E-state index contributed by atoms with van der Waals surface area (Å²) >= 11 is 0. The van der Waals surface area contributed by atoms with Gasteiger partial charge in [0, 0.05) is 6.42 Å². The summed E-state index contributed by atoms with van der Waals surface area (Å²) in [5.41, 5.74) is 0. The molecule has 0 saturated carbocycles. The summed E-state index contributed by atoms with van der Waals surface area (Å²) in [6, 6.07) is 0. The molecule has 0 aromatic rings. The summed E-state index contributed by atoms with van der Waals surface area (Å²) in [7, 11) is -6.57. The number of hydrogen-bond donors (Lipinski definition) is 1. The van der Waals surface area contributed by atoms with Gasteiger partial charge in [-0.2, -0.15) is 0 Å². The molecule has 0 aromatic heterocycles. The molecule has 0 aliphatic rings. The fourth-order valence-electron chi connectivity index (χ4n) is 1.52. The van der Waals surface area contributed by atoms with Crippen molar-refractivity contribution in [3.8, 4) is 0 Å². The van der Waals surface area contributed by atoms with Crippen LogP contribution >= 0.6 is 15.9 Å². The molecule has 18 heavy (non-hydrogen) atoms. The van der Waals surface area contributed by atoms with E-state index >= 15 is 0 Å². The molecule has 1 atom stereocenters. The van der Waals surface area contributed by atoms with Crippen LogP contribution in [0.3, 0.4) is 0 Å². The summed E-state index contributed by atoms with van der Waals surface area (Å²) in [4.78, 5) is 8.84. The van der Waals surface area contributed by atoms with E-state index in [1.165, 1.54) is 0 Å². The Labute approximate surface area is 109 Å². The van der Waals surface area contributed by atoms with Crippen molar-refractivity contribution >= 4 is 15.9 Å². The SMILES string of the molecule is CCOP(=O)(OCC)C(CC)=C(CC)O[PH](=O)O. The highest BCUT2D eigenvalue weighted by Crippen LogP contribution is 2.59.